The molecule has 0 radical (unpaired) electrons. The molecule has 4 rings (SSSR count). The van der Waals surface area contributed by atoms with E-state index in [2.05, 4.69) is 16.0 Å². The van der Waals surface area contributed by atoms with E-state index in [1.54, 1.807) is 18.2 Å². The highest BCUT2D eigenvalue weighted by molar-refractivity contribution is 6.02. The summed E-state index contributed by atoms with van der Waals surface area (Å²) in [6.07, 6.45) is 4.38. The molecule has 2 heterocycles. The summed E-state index contributed by atoms with van der Waals surface area (Å²) in [4.78, 5) is 34.9. The van der Waals surface area contributed by atoms with Crippen LogP contribution in [0.15, 0.2) is 18.2 Å². The molecule has 25 heavy (non-hydrogen) atoms. The predicted molar refractivity (Wildman–Crippen MR) is 87.2 cm³/mol. The molecule has 8 heteroatoms. The Kier molecular flexibility index (Phi) is 3.74. The highest BCUT2D eigenvalue weighted by Crippen LogP contribution is 2.47. The lowest BCUT2D eigenvalue weighted by molar-refractivity contribution is -0.134. The molecular weight excluding hydrogens is 326 g/mol. The highest BCUT2D eigenvalue weighted by Gasteiger charge is 2.44. The van der Waals surface area contributed by atoms with Gasteiger partial charge in [0, 0.05) is 31.0 Å². The molecule has 1 aromatic rings. The molecule has 1 aliphatic carbocycles. The van der Waals surface area contributed by atoms with Crippen LogP contribution in [0.25, 0.3) is 0 Å². The van der Waals surface area contributed by atoms with Gasteiger partial charge in [0.05, 0.1) is 0 Å². The van der Waals surface area contributed by atoms with Crippen LogP contribution in [-0.2, 0) is 9.59 Å². The van der Waals surface area contributed by atoms with Crippen molar-refractivity contribution in [3.8, 4) is 11.5 Å². The summed E-state index contributed by atoms with van der Waals surface area (Å²) in [5, 5.41) is 7.45. The summed E-state index contributed by atoms with van der Waals surface area (Å²) in [5.41, 5.74) is 0.544. The van der Waals surface area contributed by atoms with Gasteiger partial charge in [0.25, 0.3) is 5.79 Å². The van der Waals surface area contributed by atoms with E-state index in [1.165, 1.54) is 0 Å². The molecule has 1 spiro atoms. The number of hydrogen-bond acceptors (Lipinski definition) is 5. The quantitative estimate of drug-likeness (QED) is 0.707. The first kappa shape index (κ1) is 15.7. The lowest BCUT2D eigenvalue weighted by Gasteiger charge is -2.22. The first-order chi connectivity index (χ1) is 12.0. The van der Waals surface area contributed by atoms with Gasteiger partial charge in [0.15, 0.2) is 11.5 Å². The second-order valence-electron chi connectivity index (χ2n) is 6.59. The number of anilines is 1. The minimum absolute atomic E-state index is 0.211. The van der Waals surface area contributed by atoms with Crippen LogP contribution in [0.5, 0.6) is 11.5 Å². The Morgan fingerprint density at radius 3 is 2.68 bits per heavy atom. The van der Waals surface area contributed by atoms with Crippen molar-refractivity contribution in [2.24, 2.45) is 0 Å². The van der Waals surface area contributed by atoms with E-state index in [-0.39, 0.29) is 12.3 Å². The van der Waals surface area contributed by atoms with Crippen molar-refractivity contribution in [2.75, 3.05) is 5.32 Å². The second-order valence-corrected chi connectivity index (χ2v) is 6.59. The number of ether oxygens (including phenoxy) is 2. The molecule has 8 nitrogen and oxygen atoms in total. The van der Waals surface area contributed by atoms with Crippen LogP contribution in [0.2, 0.25) is 0 Å². The molecule has 0 aromatic heterocycles. The zero-order chi connectivity index (χ0) is 17.4. The van der Waals surface area contributed by atoms with Gasteiger partial charge in [0.2, 0.25) is 11.8 Å². The van der Waals surface area contributed by atoms with Crippen molar-refractivity contribution >= 4 is 23.5 Å². The minimum Gasteiger partial charge on any atom is -0.448 e. The Morgan fingerprint density at radius 2 is 1.92 bits per heavy atom. The van der Waals surface area contributed by atoms with Gasteiger partial charge in [-0.2, -0.15) is 0 Å². The number of fused-ring (bicyclic) bond motifs is 1. The van der Waals surface area contributed by atoms with Crippen LogP contribution in [0.4, 0.5) is 10.5 Å². The van der Waals surface area contributed by atoms with Gasteiger partial charge in [-0.15, -0.1) is 0 Å². The Hall–Kier alpha value is -2.77. The molecule has 0 bridgehead atoms. The number of nitrogens with one attached hydrogen (secondary N) is 3. The number of amides is 4. The SMILES string of the molecule is O=C1CCC(NC(=O)Nc2ccc3c(c2)OC2(CCCC2)O3)C(=O)N1. The van der Waals surface area contributed by atoms with Gasteiger partial charge in [-0.05, 0) is 31.4 Å². The molecule has 2 fully saturated rings. The Bertz CT molecular complexity index is 742. The van der Waals surface area contributed by atoms with Gasteiger partial charge >= 0.3 is 6.03 Å². The minimum atomic E-state index is -0.714. The maximum absolute atomic E-state index is 12.1. The highest BCUT2D eigenvalue weighted by atomic mass is 16.7. The van der Waals surface area contributed by atoms with E-state index < -0.39 is 23.8 Å². The Labute approximate surface area is 144 Å². The fraction of sp³-hybridized carbons (Fsp3) is 0.471. The second kappa shape index (κ2) is 5.94. The number of carbonyl (C=O) groups is 3. The summed E-state index contributed by atoms with van der Waals surface area (Å²) >= 11 is 0. The molecule has 2 aliphatic heterocycles. The van der Waals surface area contributed by atoms with Crippen LogP contribution >= 0.6 is 0 Å². The number of piperidine rings is 1. The van der Waals surface area contributed by atoms with E-state index in [1.807, 2.05) is 0 Å². The van der Waals surface area contributed by atoms with E-state index in [0.29, 0.717) is 23.6 Å². The van der Waals surface area contributed by atoms with Gasteiger partial charge < -0.3 is 20.1 Å². The predicted octanol–water partition coefficient (Wildman–Crippen LogP) is 1.65. The van der Waals surface area contributed by atoms with E-state index in [9.17, 15) is 14.4 Å². The first-order valence-electron chi connectivity index (χ1n) is 8.46. The molecule has 3 aliphatic rings. The number of benzene rings is 1. The average Bonchev–Trinajstić information content (AvgIpc) is 3.16. The summed E-state index contributed by atoms with van der Waals surface area (Å²) in [7, 11) is 0. The number of urea groups is 1. The van der Waals surface area contributed by atoms with Crippen molar-refractivity contribution < 1.29 is 23.9 Å². The topological polar surface area (TPSA) is 106 Å². The smallest absolute Gasteiger partial charge is 0.319 e. The molecule has 4 amide bonds. The first-order valence-corrected chi connectivity index (χ1v) is 8.46. The molecular formula is C17H19N3O5. The molecule has 1 unspecified atom stereocenters. The average molecular weight is 345 g/mol. The maximum Gasteiger partial charge on any atom is 0.319 e. The van der Waals surface area contributed by atoms with Crippen LogP contribution in [0.3, 0.4) is 0 Å². The van der Waals surface area contributed by atoms with Crippen molar-refractivity contribution in [3.63, 3.8) is 0 Å². The molecule has 1 saturated heterocycles. The molecule has 1 saturated carbocycles. The maximum atomic E-state index is 12.1. The Balaban J connectivity index is 1.38. The Morgan fingerprint density at radius 1 is 1.16 bits per heavy atom. The molecule has 132 valence electrons. The number of hydrogen-bond donors (Lipinski definition) is 3. The van der Waals surface area contributed by atoms with Crippen LogP contribution in [-0.4, -0.2) is 29.7 Å². The zero-order valence-corrected chi connectivity index (χ0v) is 13.6. The lowest BCUT2D eigenvalue weighted by Crippen LogP contribution is -2.53. The third-order valence-corrected chi connectivity index (χ3v) is 4.70. The standard InChI is InChI=1S/C17H19N3O5/c21-14-6-4-11(15(22)20-14)19-16(23)18-10-3-5-12-13(9-10)25-17(24-12)7-1-2-8-17/h3,5,9,11H,1-2,4,6-8H2,(H2,18,19,23)(H,20,21,22). The van der Waals surface area contributed by atoms with Crippen molar-refractivity contribution in [1.82, 2.24) is 10.6 Å². The van der Waals surface area contributed by atoms with E-state index in [4.69, 9.17) is 9.47 Å². The monoisotopic (exact) mass is 345 g/mol. The molecule has 3 N–H and O–H groups in total. The number of carbonyl (C=O) groups excluding carboxylic acids is 3. The summed E-state index contributed by atoms with van der Waals surface area (Å²) < 4.78 is 11.9. The fourth-order valence-electron chi connectivity index (χ4n) is 3.45. The summed E-state index contributed by atoms with van der Waals surface area (Å²) in [6, 6.07) is 3.98. The van der Waals surface area contributed by atoms with Crippen molar-refractivity contribution in [2.45, 2.75) is 50.4 Å². The van der Waals surface area contributed by atoms with Gasteiger partial charge in [-0.25, -0.2) is 4.79 Å². The number of rotatable bonds is 2. The van der Waals surface area contributed by atoms with Gasteiger partial charge in [0.1, 0.15) is 6.04 Å². The summed E-state index contributed by atoms with van der Waals surface area (Å²) in [5.74, 6) is -0.0604. The summed E-state index contributed by atoms with van der Waals surface area (Å²) in [6.45, 7) is 0. The number of imide groups is 1. The van der Waals surface area contributed by atoms with Crippen molar-refractivity contribution in [3.05, 3.63) is 18.2 Å². The van der Waals surface area contributed by atoms with Crippen LogP contribution in [0.1, 0.15) is 38.5 Å². The van der Waals surface area contributed by atoms with Crippen LogP contribution < -0.4 is 25.4 Å². The van der Waals surface area contributed by atoms with Gasteiger partial charge in [-0.1, -0.05) is 0 Å². The molecule has 1 aromatic carbocycles. The third kappa shape index (κ3) is 3.11. The van der Waals surface area contributed by atoms with Crippen LogP contribution in [0, 0.1) is 0 Å². The van der Waals surface area contributed by atoms with Gasteiger partial charge in [-0.3, -0.25) is 14.9 Å². The van der Waals surface area contributed by atoms with E-state index in [0.717, 1.165) is 25.7 Å². The largest absolute Gasteiger partial charge is 0.448 e. The zero-order valence-electron chi connectivity index (χ0n) is 13.6. The normalized spacial score (nSPS) is 23.4. The lowest BCUT2D eigenvalue weighted by atomic mass is 10.1. The van der Waals surface area contributed by atoms with E-state index >= 15 is 0 Å². The van der Waals surface area contributed by atoms with Crippen molar-refractivity contribution in [1.29, 1.82) is 0 Å². The fourth-order valence-corrected chi connectivity index (χ4v) is 3.45. The molecule has 1 atom stereocenters. The third-order valence-electron chi connectivity index (χ3n) is 4.70.